The topological polar surface area (TPSA) is 68.6 Å². The quantitative estimate of drug-likeness (QED) is 0.591. The highest BCUT2D eigenvalue weighted by atomic mass is 16.6. The van der Waals surface area contributed by atoms with Gasteiger partial charge in [0.2, 0.25) is 0 Å². The molecule has 0 aliphatic heterocycles. The lowest BCUT2D eigenvalue weighted by Crippen LogP contribution is -2.30. The van der Waals surface area contributed by atoms with Crippen LogP contribution in [0.15, 0.2) is 0 Å². The third-order valence-corrected chi connectivity index (χ3v) is 2.45. The molecule has 0 bridgehead atoms. The molecule has 0 amide bonds. The Hall–Kier alpha value is -1.12. The highest BCUT2D eigenvalue weighted by Crippen LogP contribution is 2.16. The summed E-state index contributed by atoms with van der Waals surface area (Å²) >= 11 is 0. The molecule has 0 aliphatic rings. The van der Waals surface area contributed by atoms with E-state index in [0.29, 0.717) is 19.6 Å². The fraction of sp³-hybridized carbons (Fsp3) is 0.846. The summed E-state index contributed by atoms with van der Waals surface area (Å²) in [6.07, 6.45) is 1.34. The number of nitriles is 1. The lowest BCUT2D eigenvalue weighted by atomic mass is 10.1. The van der Waals surface area contributed by atoms with Gasteiger partial charge in [0.25, 0.3) is 0 Å². The first kappa shape index (κ1) is 16.9. The van der Waals surface area contributed by atoms with Gasteiger partial charge in [0, 0.05) is 20.1 Å². The number of ether oxygens (including phenoxy) is 3. The molecule has 5 nitrogen and oxygen atoms in total. The third-order valence-electron chi connectivity index (χ3n) is 2.45. The number of hydrogen-bond acceptors (Lipinski definition) is 5. The van der Waals surface area contributed by atoms with Crippen LogP contribution in [-0.2, 0) is 19.0 Å². The highest BCUT2D eigenvalue weighted by molar-refractivity contribution is 5.72. The molecule has 0 fully saturated rings. The summed E-state index contributed by atoms with van der Waals surface area (Å²) in [4.78, 5) is 11.2. The normalized spacial score (nSPS) is 12.8. The Morgan fingerprint density at radius 3 is 2.61 bits per heavy atom. The molecule has 0 saturated carbocycles. The van der Waals surface area contributed by atoms with Crippen molar-refractivity contribution in [1.82, 2.24) is 0 Å². The molecule has 0 N–H and O–H groups in total. The van der Waals surface area contributed by atoms with Gasteiger partial charge in [0.15, 0.2) is 0 Å². The molecule has 104 valence electrons. The van der Waals surface area contributed by atoms with Crippen molar-refractivity contribution >= 4 is 5.97 Å². The van der Waals surface area contributed by atoms with Gasteiger partial charge in [-0.05, 0) is 27.2 Å². The molecule has 0 aromatic heterocycles. The summed E-state index contributed by atoms with van der Waals surface area (Å²) in [5.41, 5.74) is -0.602. The van der Waals surface area contributed by atoms with Gasteiger partial charge in [-0.15, -0.1) is 0 Å². The predicted octanol–water partition coefficient (Wildman–Crippen LogP) is 2.05. The van der Waals surface area contributed by atoms with E-state index in [4.69, 9.17) is 19.5 Å². The van der Waals surface area contributed by atoms with Crippen LogP contribution in [0.3, 0.4) is 0 Å². The molecule has 1 atom stereocenters. The van der Waals surface area contributed by atoms with Gasteiger partial charge in [-0.3, -0.25) is 4.79 Å². The number of rotatable bonds is 9. The second-order valence-electron chi connectivity index (χ2n) is 4.78. The third kappa shape index (κ3) is 8.97. The molecular formula is C13H23NO4. The number of carbonyl (C=O) groups excluding carboxylic acids is 1. The van der Waals surface area contributed by atoms with Crippen LogP contribution in [0.25, 0.3) is 0 Å². The van der Waals surface area contributed by atoms with Gasteiger partial charge in [0.05, 0.1) is 18.8 Å². The van der Waals surface area contributed by atoms with Gasteiger partial charge < -0.3 is 14.2 Å². The van der Waals surface area contributed by atoms with E-state index in [0.717, 1.165) is 6.42 Å². The van der Waals surface area contributed by atoms with E-state index >= 15 is 0 Å². The molecule has 0 spiro atoms. The Balaban J connectivity index is 3.82. The van der Waals surface area contributed by atoms with Crippen molar-refractivity contribution in [3.63, 3.8) is 0 Å². The Bertz CT molecular complexity index is 283. The van der Waals surface area contributed by atoms with Crippen LogP contribution in [-0.4, -0.2) is 38.0 Å². The van der Waals surface area contributed by atoms with Gasteiger partial charge in [-0.2, -0.15) is 5.26 Å². The van der Waals surface area contributed by atoms with Crippen molar-refractivity contribution in [3.8, 4) is 6.07 Å². The molecule has 0 saturated heterocycles. The number of methoxy groups -OCH3 is 1. The summed E-state index contributed by atoms with van der Waals surface area (Å²) < 4.78 is 15.7. The van der Waals surface area contributed by atoms with Crippen LogP contribution in [0.4, 0.5) is 0 Å². The van der Waals surface area contributed by atoms with E-state index in [9.17, 15) is 4.79 Å². The van der Waals surface area contributed by atoms with Crippen molar-refractivity contribution in [2.45, 2.75) is 51.7 Å². The standard InChI is InChI=1S/C13H23NO4/c1-11(6-9-16-4)17-10-7-13(2,3)18-12(15)5-8-14/h11H,5-7,9-10H2,1-4H3. The number of carbonyl (C=O) groups is 1. The van der Waals surface area contributed by atoms with Crippen molar-refractivity contribution in [3.05, 3.63) is 0 Å². The van der Waals surface area contributed by atoms with E-state index in [1.807, 2.05) is 20.8 Å². The molecule has 5 heteroatoms. The van der Waals surface area contributed by atoms with Crippen molar-refractivity contribution in [2.75, 3.05) is 20.3 Å². The summed E-state index contributed by atoms with van der Waals surface area (Å²) in [5, 5.41) is 8.38. The monoisotopic (exact) mass is 257 g/mol. The Kier molecular flexibility index (Phi) is 8.34. The van der Waals surface area contributed by atoms with Crippen LogP contribution < -0.4 is 0 Å². The average molecular weight is 257 g/mol. The van der Waals surface area contributed by atoms with Crippen molar-refractivity contribution in [1.29, 1.82) is 5.26 Å². The lowest BCUT2D eigenvalue weighted by molar-refractivity contribution is -0.157. The van der Waals surface area contributed by atoms with E-state index in [1.54, 1.807) is 13.2 Å². The second-order valence-corrected chi connectivity index (χ2v) is 4.78. The summed E-state index contributed by atoms with van der Waals surface area (Å²) in [6.45, 7) is 6.78. The maximum Gasteiger partial charge on any atom is 0.320 e. The van der Waals surface area contributed by atoms with Crippen molar-refractivity contribution < 1.29 is 19.0 Å². The summed E-state index contributed by atoms with van der Waals surface area (Å²) in [5.74, 6) is -0.491. The van der Waals surface area contributed by atoms with Crippen molar-refractivity contribution in [2.24, 2.45) is 0 Å². The minimum Gasteiger partial charge on any atom is -0.459 e. The molecule has 0 aromatic carbocycles. The molecule has 0 rings (SSSR count). The smallest absolute Gasteiger partial charge is 0.320 e. The molecule has 1 unspecified atom stereocenters. The molecule has 0 radical (unpaired) electrons. The highest BCUT2D eigenvalue weighted by Gasteiger charge is 2.22. The summed E-state index contributed by atoms with van der Waals surface area (Å²) in [6, 6.07) is 1.77. The minimum absolute atomic E-state index is 0.121. The molecule has 0 heterocycles. The lowest BCUT2D eigenvalue weighted by Gasteiger charge is -2.25. The molecule has 0 aliphatic carbocycles. The van der Waals surface area contributed by atoms with Crippen LogP contribution in [0.5, 0.6) is 0 Å². The molecular weight excluding hydrogens is 234 g/mol. The van der Waals surface area contributed by atoms with Crippen LogP contribution >= 0.6 is 0 Å². The zero-order valence-corrected chi connectivity index (χ0v) is 11.7. The first-order chi connectivity index (χ1) is 8.41. The van der Waals surface area contributed by atoms with Gasteiger partial charge in [0.1, 0.15) is 12.0 Å². The van der Waals surface area contributed by atoms with Gasteiger partial charge in [-0.25, -0.2) is 0 Å². The van der Waals surface area contributed by atoms with E-state index in [2.05, 4.69) is 0 Å². The van der Waals surface area contributed by atoms with E-state index in [1.165, 1.54) is 0 Å². The SMILES string of the molecule is COCCC(C)OCCC(C)(C)OC(=O)CC#N. The minimum atomic E-state index is -0.602. The maximum absolute atomic E-state index is 11.2. The fourth-order valence-corrected chi connectivity index (χ4v) is 1.33. The Morgan fingerprint density at radius 2 is 2.06 bits per heavy atom. The zero-order valence-electron chi connectivity index (χ0n) is 11.7. The predicted molar refractivity (Wildman–Crippen MR) is 66.9 cm³/mol. The average Bonchev–Trinajstić information content (AvgIpc) is 2.25. The Labute approximate surface area is 109 Å². The van der Waals surface area contributed by atoms with Crippen LogP contribution in [0.2, 0.25) is 0 Å². The first-order valence-corrected chi connectivity index (χ1v) is 6.10. The van der Waals surface area contributed by atoms with Crippen LogP contribution in [0, 0.1) is 11.3 Å². The summed E-state index contributed by atoms with van der Waals surface area (Å²) in [7, 11) is 1.66. The number of hydrogen-bond donors (Lipinski definition) is 0. The number of nitrogens with zero attached hydrogens (tertiary/aromatic N) is 1. The number of esters is 1. The first-order valence-electron chi connectivity index (χ1n) is 6.10. The molecule has 0 aromatic rings. The van der Waals surface area contributed by atoms with E-state index in [-0.39, 0.29) is 12.5 Å². The Morgan fingerprint density at radius 1 is 1.39 bits per heavy atom. The van der Waals surface area contributed by atoms with Gasteiger partial charge >= 0.3 is 5.97 Å². The molecule has 18 heavy (non-hydrogen) atoms. The van der Waals surface area contributed by atoms with Gasteiger partial charge in [-0.1, -0.05) is 0 Å². The maximum atomic E-state index is 11.2. The van der Waals surface area contributed by atoms with Crippen LogP contribution in [0.1, 0.15) is 40.0 Å². The zero-order chi connectivity index (χ0) is 14.0. The second kappa shape index (κ2) is 8.90. The fourth-order valence-electron chi connectivity index (χ4n) is 1.33. The van der Waals surface area contributed by atoms with E-state index < -0.39 is 11.6 Å². The largest absolute Gasteiger partial charge is 0.459 e.